The van der Waals surface area contributed by atoms with E-state index in [1.165, 1.54) is 22.7 Å². The van der Waals surface area contributed by atoms with Crippen molar-refractivity contribution in [1.82, 2.24) is 4.31 Å². The molecule has 0 aromatic heterocycles. The first-order valence-corrected chi connectivity index (χ1v) is 11.6. The number of carbonyl (C=O) groups is 1. The average molecular weight is 395 g/mol. The Balaban J connectivity index is 1.86. The Morgan fingerprint density at radius 3 is 2.26 bits per heavy atom. The molecule has 5 nitrogen and oxygen atoms in total. The first kappa shape index (κ1) is 21.9. The number of nitrogens with zero attached hydrogens (tertiary/aromatic N) is 1. The van der Waals surface area contributed by atoms with E-state index in [2.05, 4.69) is 24.4 Å². The fourth-order valence-electron chi connectivity index (χ4n) is 3.62. The summed E-state index contributed by atoms with van der Waals surface area (Å²) in [6, 6.07) is 8.09. The molecule has 0 bridgehead atoms. The Morgan fingerprint density at radius 1 is 1.15 bits per heavy atom. The highest BCUT2D eigenvalue weighted by Gasteiger charge is 2.33. The fourth-order valence-corrected chi connectivity index (χ4v) is 4.91. The maximum atomic E-state index is 12.6. The highest BCUT2D eigenvalue weighted by molar-refractivity contribution is 7.89. The molecule has 0 atom stereocenters. The smallest absolute Gasteiger partial charge is 0.227 e. The topological polar surface area (TPSA) is 66.5 Å². The molecule has 27 heavy (non-hydrogen) atoms. The zero-order chi connectivity index (χ0) is 20.0. The van der Waals surface area contributed by atoms with Gasteiger partial charge in [0.05, 0.1) is 5.25 Å². The highest BCUT2D eigenvalue weighted by atomic mass is 32.2. The molecule has 1 aromatic carbocycles. The quantitative estimate of drug-likeness (QED) is 0.719. The van der Waals surface area contributed by atoms with Crippen LogP contribution in [0.5, 0.6) is 0 Å². The lowest BCUT2D eigenvalue weighted by Crippen LogP contribution is -2.43. The maximum Gasteiger partial charge on any atom is 0.227 e. The molecule has 0 saturated heterocycles. The van der Waals surface area contributed by atoms with Gasteiger partial charge in [-0.05, 0) is 70.1 Å². The Hall–Kier alpha value is -1.40. The van der Waals surface area contributed by atoms with Crippen LogP contribution in [0.1, 0.15) is 64.9 Å². The summed E-state index contributed by atoms with van der Waals surface area (Å²) in [5.41, 5.74) is 2.13. The lowest BCUT2D eigenvalue weighted by molar-refractivity contribution is -0.121. The summed E-state index contributed by atoms with van der Waals surface area (Å²) >= 11 is 0. The third kappa shape index (κ3) is 5.79. The van der Waals surface area contributed by atoms with Crippen LogP contribution < -0.4 is 5.32 Å². The molecule has 1 aliphatic carbocycles. The van der Waals surface area contributed by atoms with Crippen LogP contribution in [0.15, 0.2) is 24.3 Å². The van der Waals surface area contributed by atoms with Gasteiger partial charge < -0.3 is 5.32 Å². The van der Waals surface area contributed by atoms with Gasteiger partial charge >= 0.3 is 0 Å². The molecule has 1 amide bonds. The second-order valence-corrected chi connectivity index (χ2v) is 10.5. The van der Waals surface area contributed by atoms with E-state index in [1.807, 2.05) is 12.1 Å². The first-order chi connectivity index (χ1) is 12.8. The number of hydrogen-bond donors (Lipinski definition) is 1. The summed E-state index contributed by atoms with van der Waals surface area (Å²) in [4.78, 5) is 12.6. The summed E-state index contributed by atoms with van der Waals surface area (Å²) in [5, 5.41) is 2.60. The van der Waals surface area contributed by atoms with E-state index < -0.39 is 15.3 Å². The Kier molecular flexibility index (Phi) is 7.86. The van der Waals surface area contributed by atoms with Crippen molar-refractivity contribution in [2.75, 3.05) is 12.4 Å². The van der Waals surface area contributed by atoms with Crippen molar-refractivity contribution in [2.45, 2.75) is 77.0 Å². The van der Waals surface area contributed by atoms with Crippen LogP contribution in [0.2, 0.25) is 0 Å². The van der Waals surface area contributed by atoms with Gasteiger partial charge in [0.2, 0.25) is 15.9 Å². The third-order valence-electron chi connectivity index (χ3n) is 5.62. The molecular weight excluding hydrogens is 360 g/mol. The van der Waals surface area contributed by atoms with E-state index >= 15 is 0 Å². The summed E-state index contributed by atoms with van der Waals surface area (Å²) in [6.45, 7) is 5.59. The van der Waals surface area contributed by atoms with Gasteiger partial charge in [0, 0.05) is 24.7 Å². The van der Waals surface area contributed by atoms with Gasteiger partial charge in [0.15, 0.2) is 0 Å². The van der Waals surface area contributed by atoms with Gasteiger partial charge in [0.25, 0.3) is 0 Å². The average Bonchev–Trinajstić information content (AvgIpc) is 2.66. The summed E-state index contributed by atoms with van der Waals surface area (Å²) in [5.74, 6) is 0.000278. The molecule has 0 spiro atoms. The van der Waals surface area contributed by atoms with Crippen LogP contribution >= 0.6 is 0 Å². The van der Waals surface area contributed by atoms with Crippen LogP contribution in [-0.4, -0.2) is 37.0 Å². The van der Waals surface area contributed by atoms with Gasteiger partial charge in [0.1, 0.15) is 0 Å². The summed E-state index contributed by atoms with van der Waals surface area (Å²) in [7, 11) is -1.57. The van der Waals surface area contributed by atoms with Gasteiger partial charge in [-0.3, -0.25) is 4.79 Å². The summed E-state index contributed by atoms with van der Waals surface area (Å²) in [6.07, 6.45) is 6.34. The number of unbranched alkanes of at least 4 members (excludes halogenated alkanes) is 1. The second kappa shape index (κ2) is 9.69. The number of hydrogen-bond acceptors (Lipinski definition) is 3. The van der Waals surface area contributed by atoms with Crippen molar-refractivity contribution in [1.29, 1.82) is 0 Å². The zero-order valence-electron chi connectivity index (χ0n) is 17.1. The van der Waals surface area contributed by atoms with Crippen molar-refractivity contribution in [2.24, 2.45) is 5.92 Å². The molecule has 0 radical (unpaired) electrons. The molecule has 0 aliphatic heterocycles. The number of benzene rings is 1. The first-order valence-electron chi connectivity index (χ1n) is 10.1. The number of anilines is 1. The monoisotopic (exact) mass is 394 g/mol. The Morgan fingerprint density at radius 2 is 1.74 bits per heavy atom. The maximum absolute atomic E-state index is 12.6. The highest BCUT2D eigenvalue weighted by Crippen LogP contribution is 2.30. The van der Waals surface area contributed by atoms with E-state index in [0.29, 0.717) is 0 Å². The van der Waals surface area contributed by atoms with Crippen LogP contribution in [0.3, 0.4) is 0 Å². The normalized spacial score (nSPS) is 20.8. The molecule has 6 heteroatoms. The standard InChI is InChI=1S/C21H34N2O3S/c1-5-6-7-17-8-12-19(13-9-17)22-21(24)18-10-14-20(15-11-18)23(4)27(25,26)16(2)3/h8-9,12-13,16,18,20H,5-7,10-11,14-15H2,1-4H3,(H,22,24). The van der Waals surface area contributed by atoms with Gasteiger partial charge in [-0.15, -0.1) is 0 Å². The molecule has 1 aromatic rings. The van der Waals surface area contributed by atoms with Crippen LogP contribution in [0.25, 0.3) is 0 Å². The number of rotatable bonds is 8. The fraction of sp³-hybridized carbons (Fsp3) is 0.667. The van der Waals surface area contributed by atoms with Crippen LogP contribution in [0.4, 0.5) is 5.69 Å². The number of sulfonamides is 1. The predicted molar refractivity (Wildman–Crippen MR) is 111 cm³/mol. The second-order valence-electron chi connectivity index (χ2n) is 7.91. The molecule has 1 aliphatic rings. The number of aryl methyl sites for hydroxylation is 1. The minimum absolute atomic E-state index is 0.000649. The molecule has 1 saturated carbocycles. The van der Waals surface area contributed by atoms with Crippen molar-refractivity contribution in [3.8, 4) is 0 Å². The molecular formula is C21H34N2O3S. The molecule has 1 N–H and O–H groups in total. The Labute approximate surface area is 164 Å². The Bertz CT molecular complexity index is 705. The van der Waals surface area contributed by atoms with E-state index in [-0.39, 0.29) is 17.9 Å². The third-order valence-corrected chi connectivity index (χ3v) is 7.91. The largest absolute Gasteiger partial charge is 0.326 e. The number of amides is 1. The summed E-state index contributed by atoms with van der Waals surface area (Å²) < 4.78 is 26.2. The predicted octanol–water partition coefficient (Wildman–Crippen LogP) is 4.20. The van der Waals surface area contributed by atoms with Crippen molar-refractivity contribution >= 4 is 21.6 Å². The molecule has 1 fully saturated rings. The van der Waals surface area contributed by atoms with Gasteiger partial charge in [-0.1, -0.05) is 25.5 Å². The van der Waals surface area contributed by atoms with Crippen molar-refractivity contribution in [3.05, 3.63) is 29.8 Å². The van der Waals surface area contributed by atoms with Gasteiger partial charge in [-0.25, -0.2) is 12.7 Å². The van der Waals surface area contributed by atoms with Crippen molar-refractivity contribution in [3.63, 3.8) is 0 Å². The van der Waals surface area contributed by atoms with Crippen molar-refractivity contribution < 1.29 is 13.2 Å². The van der Waals surface area contributed by atoms with Crippen LogP contribution in [0, 0.1) is 5.92 Å². The van der Waals surface area contributed by atoms with Crippen LogP contribution in [-0.2, 0) is 21.2 Å². The van der Waals surface area contributed by atoms with E-state index in [0.717, 1.165) is 37.8 Å². The minimum Gasteiger partial charge on any atom is -0.326 e. The molecule has 2 rings (SSSR count). The lowest BCUT2D eigenvalue weighted by Gasteiger charge is -2.34. The van der Waals surface area contributed by atoms with E-state index in [9.17, 15) is 13.2 Å². The molecule has 0 heterocycles. The van der Waals surface area contributed by atoms with Gasteiger partial charge in [-0.2, -0.15) is 0 Å². The zero-order valence-corrected chi connectivity index (χ0v) is 17.9. The molecule has 152 valence electrons. The SMILES string of the molecule is CCCCc1ccc(NC(=O)C2CCC(N(C)S(=O)(=O)C(C)C)CC2)cc1. The minimum atomic E-state index is -3.24. The molecule has 0 unspecified atom stereocenters. The number of carbonyl (C=O) groups excluding carboxylic acids is 1. The van der Waals surface area contributed by atoms with E-state index in [4.69, 9.17) is 0 Å². The number of nitrogens with one attached hydrogen (secondary N) is 1. The van der Waals surface area contributed by atoms with E-state index in [1.54, 1.807) is 20.9 Å². The lowest BCUT2D eigenvalue weighted by atomic mass is 9.85.